The molecule has 0 aliphatic rings. The molecule has 0 unspecified atom stereocenters. The van der Waals surface area contributed by atoms with E-state index in [4.69, 9.17) is 11.1 Å². The van der Waals surface area contributed by atoms with Crippen molar-refractivity contribution in [2.24, 2.45) is 5.73 Å². The lowest BCUT2D eigenvalue weighted by Crippen LogP contribution is -2.05. The Kier molecular flexibility index (Phi) is 3.61. The Labute approximate surface area is 44.2 Å². The van der Waals surface area contributed by atoms with Crippen LogP contribution in [0.2, 0.25) is 0 Å². The van der Waals surface area contributed by atoms with Gasteiger partial charge in [-0.25, -0.2) is 0 Å². The number of hydrogen-bond acceptors (Lipinski definition) is 2. The van der Waals surface area contributed by atoms with Gasteiger partial charge in [-0.15, -0.1) is 0 Å². The molecule has 0 heterocycles. The fraction of sp³-hybridized carbons (Fsp3) is 0.600. The minimum absolute atomic E-state index is 0.578. The fourth-order valence-corrected chi connectivity index (χ4v) is 0.299. The summed E-state index contributed by atoms with van der Waals surface area (Å²) in [5.74, 6) is 0. The lowest BCUT2D eigenvalue weighted by molar-refractivity contribution is 1.01. The van der Waals surface area contributed by atoms with Crippen LogP contribution >= 0.6 is 0 Å². The van der Waals surface area contributed by atoms with E-state index in [-0.39, 0.29) is 0 Å². The smallest absolute Gasteiger partial charge is 0.0102 e. The zero-order chi connectivity index (χ0) is 5.70. The van der Waals surface area contributed by atoms with Gasteiger partial charge in [0.1, 0.15) is 0 Å². The highest BCUT2D eigenvalue weighted by Gasteiger charge is 1.86. The highest BCUT2D eigenvalue weighted by molar-refractivity contribution is 5.81. The number of hydrogen-bond donors (Lipinski definition) is 2. The van der Waals surface area contributed by atoms with E-state index >= 15 is 0 Å². The average molecular weight is 99.2 g/mol. The van der Waals surface area contributed by atoms with Crippen LogP contribution in [0.1, 0.15) is 12.8 Å². The highest BCUT2D eigenvalue weighted by Crippen LogP contribution is 1.83. The maximum Gasteiger partial charge on any atom is 0.0102 e. The van der Waals surface area contributed by atoms with Gasteiger partial charge in [-0.3, -0.25) is 0 Å². The van der Waals surface area contributed by atoms with Crippen LogP contribution in [0.25, 0.3) is 0 Å². The van der Waals surface area contributed by atoms with Crippen molar-refractivity contribution in [3.63, 3.8) is 0 Å². The monoisotopic (exact) mass is 99.1 g/mol. The molecule has 0 saturated heterocycles. The van der Waals surface area contributed by atoms with Crippen molar-refractivity contribution in [2.45, 2.75) is 12.8 Å². The van der Waals surface area contributed by atoms with Gasteiger partial charge in [0, 0.05) is 5.71 Å². The molecular formula is C5H11N2. The van der Waals surface area contributed by atoms with Crippen LogP contribution in [0.3, 0.4) is 0 Å². The lowest BCUT2D eigenvalue weighted by Gasteiger charge is -1.91. The summed E-state index contributed by atoms with van der Waals surface area (Å²) in [5, 5.41) is 6.99. The molecule has 0 aliphatic heterocycles. The third-order valence-corrected chi connectivity index (χ3v) is 0.748. The van der Waals surface area contributed by atoms with Crippen LogP contribution in [0.4, 0.5) is 0 Å². The average Bonchev–Trinajstić information content (AvgIpc) is 1.68. The molecule has 2 nitrogen and oxygen atoms in total. The van der Waals surface area contributed by atoms with E-state index in [0.29, 0.717) is 25.1 Å². The topological polar surface area (TPSA) is 49.9 Å². The number of nitrogens with one attached hydrogen (secondary N) is 1. The van der Waals surface area contributed by atoms with Crippen molar-refractivity contribution >= 4 is 5.71 Å². The first-order valence-corrected chi connectivity index (χ1v) is 2.37. The third-order valence-electron chi connectivity index (χ3n) is 0.748. The Balaban J connectivity index is 3.00. The molecule has 0 amide bonds. The van der Waals surface area contributed by atoms with Crippen LogP contribution in [-0.4, -0.2) is 12.3 Å². The van der Waals surface area contributed by atoms with Gasteiger partial charge in [-0.1, -0.05) is 0 Å². The Hall–Kier alpha value is -0.370. The Morgan fingerprint density at radius 3 is 2.43 bits per heavy atom. The summed E-state index contributed by atoms with van der Waals surface area (Å²) < 4.78 is 0. The summed E-state index contributed by atoms with van der Waals surface area (Å²) in [6, 6.07) is 0. The van der Waals surface area contributed by atoms with Gasteiger partial charge in [0.15, 0.2) is 0 Å². The van der Waals surface area contributed by atoms with Crippen LogP contribution in [-0.2, 0) is 0 Å². The molecule has 7 heavy (non-hydrogen) atoms. The zero-order valence-electron chi connectivity index (χ0n) is 4.41. The highest BCUT2D eigenvalue weighted by atomic mass is 14.5. The first-order chi connectivity index (χ1) is 3.31. The second-order valence-electron chi connectivity index (χ2n) is 1.39. The minimum atomic E-state index is 0.578. The summed E-state index contributed by atoms with van der Waals surface area (Å²) in [6.07, 6.45) is 1.29. The molecule has 0 aromatic carbocycles. The largest absolute Gasteiger partial charge is 0.330 e. The maximum absolute atomic E-state index is 6.99. The lowest BCUT2D eigenvalue weighted by atomic mass is 10.2. The van der Waals surface area contributed by atoms with Crippen molar-refractivity contribution in [2.75, 3.05) is 6.54 Å². The standard InChI is InChI=1S/C5H11N2/c1-2-5(7)3-4-6/h7H,1-4,6H2. The van der Waals surface area contributed by atoms with E-state index in [9.17, 15) is 0 Å². The summed E-state index contributed by atoms with van der Waals surface area (Å²) in [5.41, 5.74) is 5.78. The third kappa shape index (κ3) is 3.46. The van der Waals surface area contributed by atoms with Crippen LogP contribution in [0.5, 0.6) is 0 Å². The SMILES string of the molecule is [CH2]CC(=N)CCN. The molecule has 0 fully saturated rings. The Morgan fingerprint density at radius 1 is 1.71 bits per heavy atom. The second-order valence-corrected chi connectivity index (χ2v) is 1.39. The van der Waals surface area contributed by atoms with E-state index < -0.39 is 0 Å². The molecule has 0 aromatic heterocycles. The normalized spacial score (nSPS) is 8.86. The van der Waals surface area contributed by atoms with Gasteiger partial charge in [-0.05, 0) is 26.3 Å². The molecule has 3 N–H and O–H groups in total. The molecule has 0 spiro atoms. The van der Waals surface area contributed by atoms with E-state index in [0.717, 1.165) is 0 Å². The first-order valence-electron chi connectivity index (χ1n) is 2.37. The van der Waals surface area contributed by atoms with Crippen molar-refractivity contribution < 1.29 is 0 Å². The number of rotatable bonds is 3. The van der Waals surface area contributed by atoms with E-state index in [1.165, 1.54) is 0 Å². The summed E-state index contributed by atoms with van der Waals surface area (Å²) in [4.78, 5) is 0. The molecule has 0 saturated carbocycles. The van der Waals surface area contributed by atoms with Gasteiger partial charge in [0.2, 0.25) is 0 Å². The predicted octanol–water partition coefficient (Wildman–Crippen LogP) is 0.579. The van der Waals surface area contributed by atoms with Crippen LogP contribution < -0.4 is 5.73 Å². The summed E-state index contributed by atoms with van der Waals surface area (Å²) in [7, 11) is 0. The van der Waals surface area contributed by atoms with Gasteiger partial charge < -0.3 is 11.1 Å². The number of nitrogens with two attached hydrogens (primary N) is 1. The summed E-state index contributed by atoms with van der Waals surface area (Å²) >= 11 is 0. The Morgan fingerprint density at radius 2 is 2.29 bits per heavy atom. The van der Waals surface area contributed by atoms with E-state index in [1.54, 1.807) is 0 Å². The van der Waals surface area contributed by atoms with Crippen LogP contribution in [0, 0.1) is 12.3 Å². The van der Waals surface area contributed by atoms with Gasteiger partial charge in [-0.2, -0.15) is 0 Å². The van der Waals surface area contributed by atoms with E-state index in [2.05, 4.69) is 6.92 Å². The quantitative estimate of drug-likeness (QED) is 0.499. The molecule has 0 aromatic rings. The van der Waals surface area contributed by atoms with Crippen molar-refractivity contribution in [1.82, 2.24) is 0 Å². The van der Waals surface area contributed by atoms with Crippen molar-refractivity contribution in [3.05, 3.63) is 6.92 Å². The molecule has 0 bridgehead atoms. The fourth-order valence-electron chi connectivity index (χ4n) is 0.299. The zero-order valence-corrected chi connectivity index (χ0v) is 4.41. The molecule has 0 atom stereocenters. The van der Waals surface area contributed by atoms with Crippen molar-refractivity contribution in [3.8, 4) is 0 Å². The van der Waals surface area contributed by atoms with Gasteiger partial charge in [0.05, 0.1) is 0 Å². The molecule has 1 radical (unpaired) electrons. The maximum atomic E-state index is 6.99. The van der Waals surface area contributed by atoms with Gasteiger partial charge >= 0.3 is 0 Å². The molecular weight excluding hydrogens is 88.1 g/mol. The first kappa shape index (κ1) is 6.63. The van der Waals surface area contributed by atoms with E-state index in [1.807, 2.05) is 0 Å². The molecule has 41 valence electrons. The van der Waals surface area contributed by atoms with Crippen LogP contribution in [0.15, 0.2) is 0 Å². The summed E-state index contributed by atoms with van der Waals surface area (Å²) in [6.45, 7) is 4.10. The second kappa shape index (κ2) is 3.81. The molecule has 0 aliphatic carbocycles. The van der Waals surface area contributed by atoms with Gasteiger partial charge in [0.25, 0.3) is 0 Å². The molecule has 2 heteroatoms. The minimum Gasteiger partial charge on any atom is -0.330 e. The Bertz CT molecular complexity index is 59.1. The van der Waals surface area contributed by atoms with Crippen molar-refractivity contribution in [1.29, 1.82) is 5.41 Å². The predicted molar refractivity (Wildman–Crippen MR) is 31.4 cm³/mol. The molecule has 0 rings (SSSR count).